The van der Waals surface area contributed by atoms with Crippen molar-refractivity contribution < 1.29 is 18.0 Å². The van der Waals surface area contributed by atoms with Gasteiger partial charge < -0.3 is 23.7 Å². The van der Waals surface area contributed by atoms with Crippen LogP contribution < -0.4 is 15.7 Å². The first-order valence-corrected chi connectivity index (χ1v) is 7.12. The third-order valence-corrected chi connectivity index (χ3v) is 4.99. The van der Waals surface area contributed by atoms with Crippen LogP contribution in [-0.4, -0.2) is 36.4 Å². The lowest BCUT2D eigenvalue weighted by molar-refractivity contribution is 0.117. The minimum atomic E-state index is -2.85. The molecular formula is C11H19NO4Si. The van der Waals surface area contributed by atoms with Crippen LogP contribution in [0.5, 0.6) is 5.75 Å². The molecule has 17 heavy (non-hydrogen) atoms. The Morgan fingerprint density at radius 2 is 1.71 bits per heavy atom. The lowest BCUT2D eigenvalue weighted by Gasteiger charge is -2.25. The third-order valence-electron chi connectivity index (χ3n) is 2.33. The van der Waals surface area contributed by atoms with Gasteiger partial charge in [0.15, 0.2) is 0 Å². The first kappa shape index (κ1) is 14.1. The minimum absolute atomic E-state index is 0.0567. The molecule has 2 N–H and O–H groups in total. The summed E-state index contributed by atoms with van der Waals surface area (Å²) in [5.41, 5.74) is 5.41. The van der Waals surface area contributed by atoms with Crippen LogP contribution in [-0.2, 0) is 13.3 Å². The van der Waals surface area contributed by atoms with Gasteiger partial charge in [0.05, 0.1) is 13.3 Å². The lowest BCUT2D eigenvalue weighted by atomic mass is 10.3. The van der Waals surface area contributed by atoms with Gasteiger partial charge >= 0.3 is 8.80 Å². The molecule has 0 saturated heterocycles. The van der Waals surface area contributed by atoms with Crippen LogP contribution >= 0.6 is 0 Å². The molecule has 0 aliphatic rings. The van der Waals surface area contributed by atoms with Crippen molar-refractivity contribution in [2.45, 2.75) is 6.92 Å². The van der Waals surface area contributed by atoms with Crippen LogP contribution in [0.25, 0.3) is 0 Å². The van der Waals surface area contributed by atoms with Crippen LogP contribution in [0, 0.1) is 0 Å². The van der Waals surface area contributed by atoms with E-state index in [2.05, 4.69) is 0 Å². The minimum Gasteiger partial charge on any atom is -0.494 e. The predicted octanol–water partition coefficient (Wildman–Crippen LogP) is 0.457. The molecular weight excluding hydrogens is 238 g/mol. The number of benzene rings is 1. The average molecular weight is 257 g/mol. The quantitative estimate of drug-likeness (QED) is 0.568. The number of ether oxygens (including phenoxy) is 1. The Morgan fingerprint density at radius 3 is 2.12 bits per heavy atom. The summed E-state index contributed by atoms with van der Waals surface area (Å²) in [5, 5.41) is 0.858. The van der Waals surface area contributed by atoms with Crippen molar-refractivity contribution in [3.8, 4) is 5.75 Å². The van der Waals surface area contributed by atoms with E-state index in [4.69, 9.17) is 23.7 Å². The molecule has 6 heteroatoms. The molecule has 0 aromatic heterocycles. The molecule has 0 bridgehead atoms. The van der Waals surface area contributed by atoms with Crippen LogP contribution in [0.4, 0.5) is 0 Å². The number of rotatable bonds is 7. The summed E-state index contributed by atoms with van der Waals surface area (Å²) in [7, 11) is 0.269. The standard InChI is InChI=1S/C11H19NO4Si/c1-4-15-10-5-7-11(8-6-10)17(13-2,14-3)16-9-12/h5-8H,4,9,12H2,1-3H3. The van der Waals surface area contributed by atoms with Gasteiger partial charge in [0.1, 0.15) is 5.75 Å². The molecule has 0 heterocycles. The van der Waals surface area contributed by atoms with Gasteiger partial charge in [0.2, 0.25) is 0 Å². The zero-order chi connectivity index (χ0) is 12.7. The van der Waals surface area contributed by atoms with Crippen molar-refractivity contribution >= 4 is 14.0 Å². The van der Waals surface area contributed by atoms with E-state index in [0.717, 1.165) is 10.9 Å². The normalized spacial score (nSPS) is 11.5. The Hall–Kier alpha value is -0.923. The Labute approximate surface area is 103 Å². The first-order valence-electron chi connectivity index (χ1n) is 5.40. The molecule has 0 radical (unpaired) electrons. The molecule has 0 atom stereocenters. The molecule has 1 rings (SSSR count). The summed E-state index contributed by atoms with van der Waals surface area (Å²) >= 11 is 0. The maximum atomic E-state index is 5.45. The molecule has 1 aromatic carbocycles. The van der Waals surface area contributed by atoms with E-state index < -0.39 is 8.80 Å². The molecule has 0 saturated carbocycles. The molecule has 0 spiro atoms. The average Bonchev–Trinajstić information content (AvgIpc) is 2.38. The van der Waals surface area contributed by atoms with Crippen molar-refractivity contribution in [3.63, 3.8) is 0 Å². The summed E-state index contributed by atoms with van der Waals surface area (Å²) in [6.07, 6.45) is 0. The fourth-order valence-corrected chi connectivity index (χ4v) is 3.39. The van der Waals surface area contributed by atoms with Gasteiger partial charge in [0.25, 0.3) is 0 Å². The Kier molecular flexibility index (Phi) is 5.59. The van der Waals surface area contributed by atoms with Crippen LogP contribution in [0.15, 0.2) is 24.3 Å². The van der Waals surface area contributed by atoms with E-state index in [1.54, 1.807) is 14.2 Å². The summed E-state index contributed by atoms with van der Waals surface area (Å²) in [4.78, 5) is 0. The highest BCUT2D eigenvalue weighted by Gasteiger charge is 2.41. The highest BCUT2D eigenvalue weighted by Crippen LogP contribution is 2.12. The zero-order valence-electron chi connectivity index (χ0n) is 10.4. The predicted molar refractivity (Wildman–Crippen MR) is 67.2 cm³/mol. The van der Waals surface area contributed by atoms with Crippen LogP contribution in [0.3, 0.4) is 0 Å². The maximum absolute atomic E-state index is 5.45. The molecule has 0 aliphatic heterocycles. The Morgan fingerprint density at radius 1 is 1.12 bits per heavy atom. The number of hydrogen-bond donors (Lipinski definition) is 1. The topological polar surface area (TPSA) is 62.9 Å². The van der Waals surface area contributed by atoms with Crippen molar-refractivity contribution in [3.05, 3.63) is 24.3 Å². The van der Waals surface area contributed by atoms with Crippen molar-refractivity contribution in [1.82, 2.24) is 0 Å². The van der Waals surface area contributed by atoms with Gasteiger partial charge in [-0.25, -0.2) is 0 Å². The second-order valence-corrected chi connectivity index (χ2v) is 6.03. The molecule has 0 fully saturated rings. The SMILES string of the molecule is CCOc1ccc([Si](OC)(OC)OCN)cc1. The molecule has 5 nitrogen and oxygen atoms in total. The van der Waals surface area contributed by atoms with E-state index >= 15 is 0 Å². The number of nitrogens with two attached hydrogens (primary N) is 1. The van der Waals surface area contributed by atoms with E-state index in [1.807, 2.05) is 31.2 Å². The fourth-order valence-electron chi connectivity index (χ4n) is 1.55. The van der Waals surface area contributed by atoms with E-state index in [0.29, 0.717) is 6.61 Å². The Bertz CT molecular complexity index is 327. The van der Waals surface area contributed by atoms with Crippen molar-refractivity contribution in [2.75, 3.05) is 27.6 Å². The van der Waals surface area contributed by atoms with Gasteiger partial charge in [-0.3, -0.25) is 0 Å². The fraction of sp³-hybridized carbons (Fsp3) is 0.455. The molecule has 0 aliphatic carbocycles. The molecule has 1 aromatic rings. The molecule has 96 valence electrons. The molecule has 0 unspecified atom stereocenters. The Balaban J connectivity index is 2.94. The van der Waals surface area contributed by atoms with Crippen molar-refractivity contribution in [1.29, 1.82) is 0 Å². The maximum Gasteiger partial charge on any atom is 0.537 e. The van der Waals surface area contributed by atoms with Gasteiger partial charge in [0, 0.05) is 19.4 Å². The first-order chi connectivity index (χ1) is 8.22. The van der Waals surface area contributed by atoms with Crippen molar-refractivity contribution in [2.24, 2.45) is 5.73 Å². The van der Waals surface area contributed by atoms with Gasteiger partial charge in [-0.15, -0.1) is 0 Å². The number of hydrogen-bond acceptors (Lipinski definition) is 5. The van der Waals surface area contributed by atoms with Gasteiger partial charge in [-0.05, 0) is 19.1 Å². The second-order valence-electron chi connectivity index (χ2n) is 3.23. The van der Waals surface area contributed by atoms with Gasteiger partial charge in [-0.1, -0.05) is 12.1 Å². The third kappa shape index (κ3) is 3.27. The lowest BCUT2D eigenvalue weighted by Crippen LogP contribution is -2.56. The largest absolute Gasteiger partial charge is 0.537 e. The zero-order valence-corrected chi connectivity index (χ0v) is 11.4. The van der Waals surface area contributed by atoms with Crippen LogP contribution in [0.2, 0.25) is 0 Å². The summed E-state index contributed by atoms with van der Waals surface area (Å²) in [6.45, 7) is 2.63. The molecule has 0 amide bonds. The highest BCUT2D eigenvalue weighted by atomic mass is 28.4. The summed E-state index contributed by atoms with van der Waals surface area (Å²) in [5.74, 6) is 0.805. The second kappa shape index (κ2) is 6.73. The highest BCUT2D eigenvalue weighted by molar-refractivity contribution is 6.75. The monoisotopic (exact) mass is 257 g/mol. The smallest absolute Gasteiger partial charge is 0.494 e. The summed E-state index contributed by atoms with van der Waals surface area (Å²) in [6, 6.07) is 7.47. The van der Waals surface area contributed by atoms with E-state index in [1.165, 1.54) is 0 Å². The van der Waals surface area contributed by atoms with Gasteiger partial charge in [-0.2, -0.15) is 0 Å². The van der Waals surface area contributed by atoms with Crippen LogP contribution in [0.1, 0.15) is 6.92 Å². The van der Waals surface area contributed by atoms with E-state index in [9.17, 15) is 0 Å². The van der Waals surface area contributed by atoms with E-state index in [-0.39, 0.29) is 6.73 Å². The summed E-state index contributed by atoms with van der Waals surface area (Å²) < 4.78 is 21.6.